The maximum atomic E-state index is 12.5. The first-order valence-electron chi connectivity index (χ1n) is 9.63. The van der Waals surface area contributed by atoms with Crippen LogP contribution in [0.5, 0.6) is 0 Å². The van der Waals surface area contributed by atoms with E-state index < -0.39 is 0 Å². The number of amides is 2. The van der Waals surface area contributed by atoms with Crippen molar-refractivity contribution in [1.29, 1.82) is 0 Å². The van der Waals surface area contributed by atoms with Gasteiger partial charge < -0.3 is 5.32 Å². The summed E-state index contributed by atoms with van der Waals surface area (Å²) in [6.45, 7) is 0. The fourth-order valence-corrected chi connectivity index (χ4v) is 4.60. The number of carbonyl (C=O) groups is 2. The zero-order chi connectivity index (χ0) is 20.1. The van der Waals surface area contributed by atoms with Gasteiger partial charge in [-0.2, -0.15) is 0 Å². The second kappa shape index (κ2) is 8.97. The standard InChI is InChI=1S/C24H22N2O2S/c27-22(15-14-18-8-3-1-4-9-18)25-20-11-7-10-19(16-20)24-26(23(28)17-29-24)21-12-5-2-6-13-21/h1-13,16,24H,14-15,17H2,(H,25,27). The molecule has 1 N–H and O–H groups in total. The third kappa shape index (κ3) is 4.69. The summed E-state index contributed by atoms with van der Waals surface area (Å²) in [6, 6.07) is 27.5. The summed E-state index contributed by atoms with van der Waals surface area (Å²) < 4.78 is 0. The number of thioether (sulfide) groups is 1. The predicted molar refractivity (Wildman–Crippen MR) is 119 cm³/mol. The summed E-state index contributed by atoms with van der Waals surface area (Å²) in [4.78, 5) is 26.7. The van der Waals surface area contributed by atoms with Crippen molar-refractivity contribution in [2.24, 2.45) is 0 Å². The van der Waals surface area contributed by atoms with Gasteiger partial charge in [0.2, 0.25) is 11.8 Å². The smallest absolute Gasteiger partial charge is 0.238 e. The highest BCUT2D eigenvalue weighted by molar-refractivity contribution is 8.00. The van der Waals surface area contributed by atoms with Crippen LogP contribution < -0.4 is 10.2 Å². The normalized spacial score (nSPS) is 16.1. The molecule has 3 aromatic carbocycles. The van der Waals surface area contributed by atoms with Crippen molar-refractivity contribution in [2.75, 3.05) is 16.0 Å². The van der Waals surface area contributed by atoms with E-state index in [1.54, 1.807) is 11.8 Å². The molecule has 2 amide bonds. The third-order valence-corrected chi connectivity index (χ3v) is 6.05. The molecule has 146 valence electrons. The number of anilines is 2. The zero-order valence-corrected chi connectivity index (χ0v) is 16.8. The summed E-state index contributed by atoms with van der Waals surface area (Å²) >= 11 is 1.61. The quantitative estimate of drug-likeness (QED) is 0.629. The Morgan fingerprint density at radius 3 is 2.45 bits per heavy atom. The van der Waals surface area contributed by atoms with E-state index in [2.05, 4.69) is 5.32 Å². The van der Waals surface area contributed by atoms with Gasteiger partial charge in [0.15, 0.2) is 0 Å². The molecule has 1 atom stereocenters. The fraction of sp³-hybridized carbons (Fsp3) is 0.167. The van der Waals surface area contributed by atoms with E-state index in [0.29, 0.717) is 18.6 Å². The van der Waals surface area contributed by atoms with Crippen LogP contribution in [-0.4, -0.2) is 17.6 Å². The van der Waals surface area contributed by atoms with Gasteiger partial charge in [-0.1, -0.05) is 60.7 Å². The molecule has 1 fully saturated rings. The van der Waals surface area contributed by atoms with E-state index in [1.165, 1.54) is 0 Å². The number of para-hydroxylation sites is 1. The van der Waals surface area contributed by atoms with Crippen LogP contribution in [0.2, 0.25) is 0 Å². The molecule has 5 heteroatoms. The summed E-state index contributed by atoms with van der Waals surface area (Å²) in [5, 5.41) is 2.90. The van der Waals surface area contributed by atoms with Gasteiger partial charge in [-0.15, -0.1) is 11.8 Å². The third-order valence-electron chi connectivity index (χ3n) is 4.84. The number of benzene rings is 3. The minimum Gasteiger partial charge on any atom is -0.326 e. The van der Waals surface area contributed by atoms with E-state index in [1.807, 2.05) is 89.8 Å². The van der Waals surface area contributed by atoms with E-state index >= 15 is 0 Å². The van der Waals surface area contributed by atoms with Crippen molar-refractivity contribution >= 4 is 35.0 Å². The molecule has 1 heterocycles. The predicted octanol–water partition coefficient (Wildman–Crippen LogP) is 5.04. The Labute approximate surface area is 174 Å². The SMILES string of the molecule is O=C(CCc1ccccc1)Nc1cccc(C2SCC(=O)N2c2ccccc2)c1. The molecule has 0 saturated carbocycles. The topological polar surface area (TPSA) is 49.4 Å². The molecule has 0 spiro atoms. The van der Waals surface area contributed by atoms with Gasteiger partial charge in [0.1, 0.15) is 5.37 Å². The van der Waals surface area contributed by atoms with Crippen LogP contribution in [0.3, 0.4) is 0 Å². The van der Waals surface area contributed by atoms with E-state index in [-0.39, 0.29) is 17.2 Å². The van der Waals surface area contributed by atoms with E-state index in [9.17, 15) is 9.59 Å². The monoisotopic (exact) mass is 402 g/mol. The minimum absolute atomic E-state index is 0.0129. The van der Waals surface area contributed by atoms with Gasteiger partial charge in [-0.3, -0.25) is 14.5 Å². The number of nitrogens with one attached hydrogen (secondary N) is 1. The lowest BCUT2D eigenvalue weighted by atomic mass is 10.1. The Balaban J connectivity index is 1.45. The summed E-state index contributed by atoms with van der Waals surface area (Å²) in [7, 11) is 0. The van der Waals surface area contributed by atoms with Crippen molar-refractivity contribution in [3.8, 4) is 0 Å². The van der Waals surface area contributed by atoms with Crippen LogP contribution >= 0.6 is 11.8 Å². The van der Waals surface area contributed by atoms with E-state index in [4.69, 9.17) is 0 Å². The molecule has 0 aromatic heterocycles. The molecule has 1 unspecified atom stereocenters. The summed E-state index contributed by atoms with van der Waals surface area (Å²) in [5.74, 6) is 0.539. The Kier molecular flexibility index (Phi) is 5.96. The Bertz CT molecular complexity index is 992. The zero-order valence-electron chi connectivity index (χ0n) is 16.0. The van der Waals surface area contributed by atoms with Gasteiger partial charge in [0.05, 0.1) is 5.75 Å². The molecule has 29 heavy (non-hydrogen) atoms. The minimum atomic E-state index is -0.0916. The molecule has 4 rings (SSSR count). The molecular formula is C24H22N2O2S. The average Bonchev–Trinajstić information content (AvgIpc) is 3.15. The molecule has 4 nitrogen and oxygen atoms in total. The van der Waals surface area contributed by atoms with E-state index in [0.717, 1.165) is 22.5 Å². The Hall–Kier alpha value is -3.05. The number of nitrogens with zero attached hydrogens (tertiary/aromatic N) is 1. The number of aryl methyl sites for hydroxylation is 1. The van der Waals surface area contributed by atoms with Gasteiger partial charge in [-0.25, -0.2) is 0 Å². The second-order valence-corrected chi connectivity index (χ2v) is 7.99. The molecule has 0 aliphatic carbocycles. The van der Waals surface area contributed by atoms with Crippen LogP contribution in [-0.2, 0) is 16.0 Å². The van der Waals surface area contributed by atoms with Crippen molar-refractivity contribution in [3.05, 3.63) is 96.1 Å². The van der Waals surface area contributed by atoms with Crippen LogP contribution in [0.25, 0.3) is 0 Å². The average molecular weight is 403 g/mol. The largest absolute Gasteiger partial charge is 0.326 e. The number of hydrogen-bond donors (Lipinski definition) is 1. The molecule has 0 bridgehead atoms. The molecule has 3 aromatic rings. The Morgan fingerprint density at radius 1 is 0.966 bits per heavy atom. The van der Waals surface area contributed by atoms with Gasteiger partial charge in [0.25, 0.3) is 0 Å². The van der Waals surface area contributed by atoms with Gasteiger partial charge in [0, 0.05) is 17.8 Å². The van der Waals surface area contributed by atoms with Crippen LogP contribution in [0, 0.1) is 0 Å². The number of rotatable bonds is 6. The molecular weight excluding hydrogens is 380 g/mol. The summed E-state index contributed by atoms with van der Waals surface area (Å²) in [6.07, 6.45) is 1.14. The molecule has 1 saturated heterocycles. The summed E-state index contributed by atoms with van der Waals surface area (Å²) in [5.41, 5.74) is 3.81. The molecule has 1 aliphatic rings. The second-order valence-electron chi connectivity index (χ2n) is 6.92. The number of hydrogen-bond acceptors (Lipinski definition) is 3. The lowest BCUT2D eigenvalue weighted by molar-refractivity contribution is -0.116. The van der Waals surface area contributed by atoms with Crippen molar-refractivity contribution in [1.82, 2.24) is 0 Å². The highest BCUT2D eigenvalue weighted by atomic mass is 32.2. The highest BCUT2D eigenvalue weighted by Gasteiger charge is 2.34. The molecule has 1 aliphatic heterocycles. The lowest BCUT2D eigenvalue weighted by Gasteiger charge is -2.24. The van der Waals surface area contributed by atoms with Gasteiger partial charge in [-0.05, 0) is 41.8 Å². The van der Waals surface area contributed by atoms with Crippen molar-refractivity contribution < 1.29 is 9.59 Å². The first kappa shape index (κ1) is 19.3. The van der Waals surface area contributed by atoms with Crippen molar-refractivity contribution in [3.63, 3.8) is 0 Å². The van der Waals surface area contributed by atoms with Crippen LogP contribution in [0.4, 0.5) is 11.4 Å². The first-order chi connectivity index (χ1) is 14.2. The van der Waals surface area contributed by atoms with Crippen LogP contribution in [0.1, 0.15) is 22.9 Å². The highest BCUT2D eigenvalue weighted by Crippen LogP contribution is 2.42. The first-order valence-corrected chi connectivity index (χ1v) is 10.7. The fourth-order valence-electron chi connectivity index (χ4n) is 3.43. The lowest BCUT2D eigenvalue weighted by Crippen LogP contribution is -2.27. The maximum Gasteiger partial charge on any atom is 0.238 e. The maximum absolute atomic E-state index is 12.5. The van der Waals surface area contributed by atoms with Crippen LogP contribution in [0.15, 0.2) is 84.9 Å². The van der Waals surface area contributed by atoms with Crippen molar-refractivity contribution in [2.45, 2.75) is 18.2 Å². The van der Waals surface area contributed by atoms with Gasteiger partial charge >= 0.3 is 0 Å². The molecule has 0 radical (unpaired) electrons. The number of carbonyl (C=O) groups excluding carboxylic acids is 2. The Morgan fingerprint density at radius 2 is 1.69 bits per heavy atom.